The maximum Gasteiger partial charge on any atom is 0.189 e. The molecule has 0 amide bonds. The second-order valence-electron chi connectivity index (χ2n) is 4.81. The van der Waals surface area contributed by atoms with Crippen molar-refractivity contribution in [1.82, 2.24) is 0 Å². The van der Waals surface area contributed by atoms with Gasteiger partial charge in [-0.25, -0.2) is 0 Å². The van der Waals surface area contributed by atoms with Crippen molar-refractivity contribution in [2.24, 2.45) is 0 Å². The van der Waals surface area contributed by atoms with Crippen molar-refractivity contribution in [3.8, 4) is 11.5 Å². The molecule has 1 aliphatic heterocycles. The van der Waals surface area contributed by atoms with Crippen LogP contribution >= 0.6 is 0 Å². The minimum absolute atomic E-state index is 0.237. The average Bonchev–Trinajstić information content (AvgIpc) is 3.33. The van der Waals surface area contributed by atoms with E-state index < -0.39 is 0 Å². The van der Waals surface area contributed by atoms with Crippen molar-refractivity contribution in [3.63, 3.8) is 0 Å². The molecule has 2 aromatic carbocycles. The third kappa shape index (κ3) is 4.07. The summed E-state index contributed by atoms with van der Waals surface area (Å²) in [5.41, 5.74) is 0. The standard InChI is InChI=1S/C16H18O5/c1-17-10-20-14-4-2-13-7-15(5-3-12(13)6-14)21-11-18-8-16-9-19-16/h2-7,16H,8-11H2,1H3. The van der Waals surface area contributed by atoms with E-state index in [4.69, 9.17) is 23.7 Å². The van der Waals surface area contributed by atoms with Crippen LogP contribution in [0.5, 0.6) is 11.5 Å². The molecule has 21 heavy (non-hydrogen) atoms. The third-order valence-electron chi connectivity index (χ3n) is 3.14. The Bertz CT molecular complexity index is 594. The maximum atomic E-state index is 5.56. The lowest BCUT2D eigenvalue weighted by molar-refractivity contribution is 0.00829. The first kappa shape index (κ1) is 14.1. The lowest BCUT2D eigenvalue weighted by Crippen LogP contribution is -2.07. The van der Waals surface area contributed by atoms with E-state index in [1.807, 2.05) is 36.4 Å². The molecule has 1 heterocycles. The van der Waals surface area contributed by atoms with Gasteiger partial charge in [0, 0.05) is 7.11 Å². The highest BCUT2D eigenvalue weighted by Gasteiger charge is 2.22. The molecular weight excluding hydrogens is 272 g/mol. The minimum Gasteiger partial charge on any atom is -0.468 e. The van der Waals surface area contributed by atoms with Gasteiger partial charge in [-0.05, 0) is 35.0 Å². The van der Waals surface area contributed by atoms with Crippen LogP contribution < -0.4 is 9.47 Å². The number of hydrogen-bond donors (Lipinski definition) is 0. The maximum absolute atomic E-state index is 5.56. The molecule has 3 rings (SSSR count). The Morgan fingerprint density at radius 2 is 1.62 bits per heavy atom. The van der Waals surface area contributed by atoms with E-state index >= 15 is 0 Å². The molecule has 0 bridgehead atoms. The topological polar surface area (TPSA) is 49.5 Å². The van der Waals surface area contributed by atoms with Crippen LogP contribution in [0.2, 0.25) is 0 Å². The zero-order valence-corrected chi connectivity index (χ0v) is 11.9. The number of epoxide rings is 1. The van der Waals surface area contributed by atoms with Gasteiger partial charge in [-0.1, -0.05) is 12.1 Å². The number of fused-ring (bicyclic) bond motifs is 1. The fourth-order valence-electron chi connectivity index (χ4n) is 1.96. The average molecular weight is 290 g/mol. The van der Waals surface area contributed by atoms with Gasteiger partial charge >= 0.3 is 0 Å². The predicted molar refractivity (Wildman–Crippen MR) is 77.6 cm³/mol. The van der Waals surface area contributed by atoms with Gasteiger partial charge in [0.05, 0.1) is 13.2 Å². The second-order valence-corrected chi connectivity index (χ2v) is 4.81. The summed E-state index contributed by atoms with van der Waals surface area (Å²) < 4.78 is 26.3. The summed E-state index contributed by atoms with van der Waals surface area (Å²) in [4.78, 5) is 0. The van der Waals surface area contributed by atoms with E-state index in [0.717, 1.165) is 28.9 Å². The first-order valence-corrected chi connectivity index (χ1v) is 6.83. The minimum atomic E-state index is 0.237. The Morgan fingerprint density at radius 1 is 1.00 bits per heavy atom. The smallest absolute Gasteiger partial charge is 0.189 e. The number of rotatable bonds is 8. The molecule has 1 aliphatic rings. The van der Waals surface area contributed by atoms with Crippen molar-refractivity contribution in [3.05, 3.63) is 36.4 Å². The van der Waals surface area contributed by atoms with Crippen LogP contribution in [-0.2, 0) is 14.2 Å². The molecular formula is C16H18O5. The summed E-state index contributed by atoms with van der Waals surface area (Å²) >= 11 is 0. The van der Waals surface area contributed by atoms with Crippen molar-refractivity contribution in [1.29, 1.82) is 0 Å². The van der Waals surface area contributed by atoms with Crippen LogP contribution in [0, 0.1) is 0 Å². The highest BCUT2D eigenvalue weighted by atomic mass is 16.7. The lowest BCUT2D eigenvalue weighted by atomic mass is 10.1. The van der Waals surface area contributed by atoms with Crippen LogP contribution in [-0.4, -0.2) is 40.0 Å². The number of methoxy groups -OCH3 is 1. The summed E-state index contributed by atoms with van der Waals surface area (Å²) in [7, 11) is 1.60. The van der Waals surface area contributed by atoms with E-state index in [0.29, 0.717) is 6.61 Å². The molecule has 2 aromatic rings. The van der Waals surface area contributed by atoms with Crippen LogP contribution in [0.15, 0.2) is 36.4 Å². The highest BCUT2D eigenvalue weighted by Crippen LogP contribution is 2.25. The first-order valence-electron chi connectivity index (χ1n) is 6.83. The van der Waals surface area contributed by atoms with Crippen LogP contribution in [0.3, 0.4) is 0 Å². The number of hydrogen-bond acceptors (Lipinski definition) is 5. The molecule has 0 N–H and O–H groups in total. The quantitative estimate of drug-likeness (QED) is 0.425. The molecule has 0 aromatic heterocycles. The Kier molecular flexibility index (Phi) is 4.55. The van der Waals surface area contributed by atoms with Crippen LogP contribution in [0.4, 0.5) is 0 Å². The zero-order valence-electron chi connectivity index (χ0n) is 11.9. The molecule has 112 valence electrons. The fourth-order valence-corrected chi connectivity index (χ4v) is 1.96. The van der Waals surface area contributed by atoms with Crippen molar-refractivity contribution < 1.29 is 23.7 Å². The Balaban J connectivity index is 1.59. The summed E-state index contributed by atoms with van der Waals surface area (Å²) in [6.45, 7) is 1.87. The Morgan fingerprint density at radius 3 is 2.19 bits per heavy atom. The molecule has 0 saturated carbocycles. The largest absolute Gasteiger partial charge is 0.468 e. The van der Waals surface area contributed by atoms with Crippen LogP contribution in [0.25, 0.3) is 10.8 Å². The Labute approximate surface area is 123 Å². The molecule has 0 spiro atoms. The van der Waals surface area contributed by atoms with Gasteiger partial charge in [-0.2, -0.15) is 0 Å². The molecule has 1 atom stereocenters. The van der Waals surface area contributed by atoms with E-state index in [1.54, 1.807) is 7.11 Å². The highest BCUT2D eigenvalue weighted by molar-refractivity contribution is 5.85. The van der Waals surface area contributed by atoms with Gasteiger partial charge in [-0.15, -0.1) is 0 Å². The molecule has 5 nitrogen and oxygen atoms in total. The van der Waals surface area contributed by atoms with Crippen molar-refractivity contribution >= 4 is 10.8 Å². The summed E-state index contributed by atoms with van der Waals surface area (Å²) in [6.07, 6.45) is 0.260. The van der Waals surface area contributed by atoms with Gasteiger partial charge in [-0.3, -0.25) is 0 Å². The second kappa shape index (κ2) is 6.76. The van der Waals surface area contributed by atoms with Gasteiger partial charge in [0.25, 0.3) is 0 Å². The normalized spacial score (nSPS) is 16.9. The molecule has 0 aliphatic carbocycles. The van der Waals surface area contributed by atoms with E-state index in [2.05, 4.69) is 0 Å². The van der Waals surface area contributed by atoms with Crippen molar-refractivity contribution in [2.75, 3.05) is 33.9 Å². The SMILES string of the molecule is COCOc1ccc2cc(OCOCC3CO3)ccc2c1. The summed E-state index contributed by atoms with van der Waals surface area (Å²) in [5, 5.41) is 2.17. The molecule has 1 saturated heterocycles. The first-order chi connectivity index (χ1) is 10.3. The van der Waals surface area contributed by atoms with Gasteiger partial charge in [0.1, 0.15) is 17.6 Å². The third-order valence-corrected chi connectivity index (χ3v) is 3.14. The monoisotopic (exact) mass is 290 g/mol. The Hall–Kier alpha value is -1.82. The van der Waals surface area contributed by atoms with Gasteiger partial charge in [0.15, 0.2) is 13.6 Å². The lowest BCUT2D eigenvalue weighted by Gasteiger charge is -2.09. The van der Waals surface area contributed by atoms with E-state index in [9.17, 15) is 0 Å². The number of ether oxygens (including phenoxy) is 5. The molecule has 1 unspecified atom stereocenters. The molecule has 5 heteroatoms. The van der Waals surface area contributed by atoms with E-state index in [-0.39, 0.29) is 19.7 Å². The molecule has 1 fully saturated rings. The summed E-state index contributed by atoms with van der Waals surface area (Å²) in [6, 6.07) is 11.8. The van der Waals surface area contributed by atoms with Gasteiger partial charge in [0.2, 0.25) is 0 Å². The summed E-state index contributed by atoms with van der Waals surface area (Å²) in [5.74, 6) is 1.57. The molecule has 0 radical (unpaired) electrons. The van der Waals surface area contributed by atoms with E-state index in [1.165, 1.54) is 0 Å². The zero-order chi connectivity index (χ0) is 14.5. The van der Waals surface area contributed by atoms with Crippen LogP contribution in [0.1, 0.15) is 0 Å². The van der Waals surface area contributed by atoms with Gasteiger partial charge < -0.3 is 23.7 Å². The fraction of sp³-hybridized carbons (Fsp3) is 0.375. The predicted octanol–water partition coefficient (Wildman–Crippen LogP) is 2.57. The van der Waals surface area contributed by atoms with Crippen molar-refractivity contribution in [2.45, 2.75) is 6.10 Å². The number of benzene rings is 2.